The lowest BCUT2D eigenvalue weighted by atomic mass is 10.0. The molecule has 3 nitrogen and oxygen atoms in total. The molecular weight excluding hydrogens is 324 g/mol. The number of hydrogen-bond acceptors (Lipinski definition) is 3. The third kappa shape index (κ3) is 2.48. The van der Waals surface area contributed by atoms with E-state index >= 15 is 0 Å². The first-order chi connectivity index (χ1) is 12.1. The van der Waals surface area contributed by atoms with Crippen molar-refractivity contribution in [3.8, 4) is 0 Å². The number of aromatic carboxylic acids is 1. The summed E-state index contributed by atoms with van der Waals surface area (Å²) in [5.41, 5.74) is 2.13. The zero-order valence-corrected chi connectivity index (χ0v) is 13.1. The van der Waals surface area contributed by atoms with Gasteiger partial charge in [0.25, 0.3) is 0 Å². The number of rotatable bonds is 2. The SMILES string of the molecule is O=C([O-])c1c2c(nc3ccccc13)/C(=C/c1c(F)cccc1F)CC2. The molecule has 0 fully saturated rings. The van der Waals surface area contributed by atoms with Crippen LogP contribution in [0.5, 0.6) is 0 Å². The lowest BCUT2D eigenvalue weighted by molar-refractivity contribution is -0.254. The molecule has 0 unspecified atom stereocenters. The number of carbonyl (C=O) groups excluding carboxylic acids is 1. The number of para-hydroxylation sites is 1. The van der Waals surface area contributed by atoms with Crippen molar-refractivity contribution in [1.29, 1.82) is 0 Å². The van der Waals surface area contributed by atoms with E-state index in [1.807, 2.05) is 0 Å². The summed E-state index contributed by atoms with van der Waals surface area (Å²) in [6, 6.07) is 10.6. The molecule has 124 valence electrons. The molecule has 25 heavy (non-hydrogen) atoms. The van der Waals surface area contributed by atoms with Crippen molar-refractivity contribution in [2.24, 2.45) is 0 Å². The molecule has 0 spiro atoms. The minimum atomic E-state index is -1.27. The number of fused-ring (bicyclic) bond motifs is 2. The minimum Gasteiger partial charge on any atom is -0.545 e. The summed E-state index contributed by atoms with van der Waals surface area (Å²) in [6.07, 6.45) is 2.32. The van der Waals surface area contributed by atoms with Gasteiger partial charge in [-0.1, -0.05) is 24.3 Å². The highest BCUT2D eigenvalue weighted by molar-refractivity contribution is 6.05. The summed E-state index contributed by atoms with van der Waals surface area (Å²) in [7, 11) is 0. The number of hydrogen-bond donors (Lipinski definition) is 0. The Hall–Kier alpha value is -3.08. The molecule has 0 amide bonds. The third-order valence-electron chi connectivity index (χ3n) is 4.46. The number of carboxylic acid groups (broad SMARTS) is 1. The summed E-state index contributed by atoms with van der Waals surface area (Å²) in [4.78, 5) is 16.2. The highest BCUT2D eigenvalue weighted by Crippen LogP contribution is 2.37. The molecule has 0 bridgehead atoms. The van der Waals surface area contributed by atoms with E-state index in [1.165, 1.54) is 24.3 Å². The van der Waals surface area contributed by atoms with E-state index in [4.69, 9.17) is 0 Å². The van der Waals surface area contributed by atoms with E-state index in [0.717, 1.165) is 0 Å². The van der Waals surface area contributed by atoms with Gasteiger partial charge < -0.3 is 9.90 Å². The van der Waals surface area contributed by atoms with Gasteiger partial charge in [0, 0.05) is 16.5 Å². The predicted octanol–water partition coefficient (Wildman–Crippen LogP) is 3.36. The summed E-state index contributed by atoms with van der Waals surface area (Å²) in [6.45, 7) is 0. The number of carbonyl (C=O) groups is 1. The highest BCUT2D eigenvalue weighted by Gasteiger charge is 2.24. The standard InChI is InChI=1S/C20H13F2NO2/c21-15-5-3-6-16(22)14(15)10-11-8-9-13-18(20(24)25)12-4-1-2-7-17(12)23-19(11)13/h1-7,10H,8-9H2,(H,24,25)/p-1/b11-10+. The molecule has 5 heteroatoms. The smallest absolute Gasteiger partial charge is 0.133 e. The van der Waals surface area contributed by atoms with Crippen LogP contribution in [0.1, 0.15) is 33.6 Å². The lowest BCUT2D eigenvalue weighted by Gasteiger charge is -2.13. The summed E-state index contributed by atoms with van der Waals surface area (Å²) in [5.74, 6) is -2.60. The summed E-state index contributed by atoms with van der Waals surface area (Å²) in [5, 5.41) is 12.2. The Kier molecular flexibility index (Phi) is 3.57. The van der Waals surface area contributed by atoms with Crippen LogP contribution >= 0.6 is 0 Å². The van der Waals surface area contributed by atoms with Crippen molar-refractivity contribution in [2.45, 2.75) is 12.8 Å². The molecule has 2 aromatic carbocycles. The molecule has 3 aromatic rings. The maximum Gasteiger partial charge on any atom is 0.133 e. The van der Waals surface area contributed by atoms with Gasteiger partial charge in [-0.3, -0.25) is 0 Å². The molecule has 0 N–H and O–H groups in total. The Balaban J connectivity index is 1.97. The summed E-state index contributed by atoms with van der Waals surface area (Å²) >= 11 is 0. The van der Waals surface area contributed by atoms with Crippen LogP contribution in [-0.4, -0.2) is 11.0 Å². The molecule has 4 rings (SSSR count). The number of pyridine rings is 1. The summed E-state index contributed by atoms with van der Waals surface area (Å²) < 4.78 is 27.9. The number of aromatic nitrogens is 1. The van der Waals surface area contributed by atoms with Crippen LogP contribution in [0.25, 0.3) is 22.6 Å². The largest absolute Gasteiger partial charge is 0.545 e. The minimum absolute atomic E-state index is 0.109. The van der Waals surface area contributed by atoms with Crippen molar-refractivity contribution in [3.05, 3.63) is 76.5 Å². The number of halogens is 2. The first-order valence-corrected chi connectivity index (χ1v) is 7.84. The van der Waals surface area contributed by atoms with Crippen LogP contribution in [0.3, 0.4) is 0 Å². The number of allylic oxidation sites excluding steroid dienone is 1. The molecule has 1 aliphatic carbocycles. The van der Waals surface area contributed by atoms with Gasteiger partial charge in [-0.05, 0) is 48.3 Å². The van der Waals surface area contributed by atoms with E-state index in [2.05, 4.69) is 4.98 Å². The third-order valence-corrected chi connectivity index (χ3v) is 4.46. The van der Waals surface area contributed by atoms with Gasteiger partial charge in [-0.15, -0.1) is 0 Å². The van der Waals surface area contributed by atoms with Crippen LogP contribution in [0, 0.1) is 11.6 Å². The maximum absolute atomic E-state index is 13.9. The van der Waals surface area contributed by atoms with Gasteiger partial charge in [0.15, 0.2) is 0 Å². The molecule has 1 heterocycles. The van der Waals surface area contributed by atoms with Crippen LogP contribution in [0.4, 0.5) is 8.78 Å². The quantitative estimate of drug-likeness (QED) is 0.721. The molecule has 0 aliphatic heterocycles. The Labute approximate surface area is 142 Å². The second-order valence-corrected chi connectivity index (χ2v) is 5.92. The van der Waals surface area contributed by atoms with Gasteiger partial charge in [-0.25, -0.2) is 13.8 Å². The van der Waals surface area contributed by atoms with Crippen LogP contribution in [-0.2, 0) is 6.42 Å². The Bertz CT molecular complexity index is 1040. The second kappa shape index (κ2) is 5.77. The fourth-order valence-electron chi connectivity index (χ4n) is 3.34. The average Bonchev–Trinajstić information content (AvgIpc) is 2.98. The first-order valence-electron chi connectivity index (χ1n) is 7.84. The van der Waals surface area contributed by atoms with Crippen molar-refractivity contribution in [1.82, 2.24) is 4.98 Å². The van der Waals surface area contributed by atoms with Crippen LogP contribution in [0.15, 0.2) is 42.5 Å². The monoisotopic (exact) mass is 336 g/mol. The van der Waals surface area contributed by atoms with E-state index in [1.54, 1.807) is 24.3 Å². The Morgan fingerprint density at radius 3 is 2.48 bits per heavy atom. The normalized spacial score (nSPS) is 14.9. The van der Waals surface area contributed by atoms with Crippen LogP contribution < -0.4 is 5.11 Å². The number of benzene rings is 2. The van der Waals surface area contributed by atoms with E-state index < -0.39 is 17.6 Å². The lowest BCUT2D eigenvalue weighted by Crippen LogP contribution is -2.24. The van der Waals surface area contributed by atoms with E-state index in [9.17, 15) is 18.7 Å². The molecule has 0 atom stereocenters. The van der Waals surface area contributed by atoms with Gasteiger partial charge in [0.2, 0.25) is 0 Å². The molecule has 0 saturated carbocycles. The molecular formula is C20H12F2NO2-. The zero-order chi connectivity index (χ0) is 17.6. The fraction of sp³-hybridized carbons (Fsp3) is 0.100. The average molecular weight is 336 g/mol. The maximum atomic E-state index is 13.9. The number of carboxylic acids is 1. The van der Waals surface area contributed by atoms with Gasteiger partial charge in [0.05, 0.1) is 17.2 Å². The zero-order valence-electron chi connectivity index (χ0n) is 13.1. The Morgan fingerprint density at radius 2 is 1.76 bits per heavy atom. The molecule has 0 saturated heterocycles. The second-order valence-electron chi connectivity index (χ2n) is 5.92. The van der Waals surface area contributed by atoms with Crippen LogP contribution in [0.2, 0.25) is 0 Å². The molecule has 1 aliphatic rings. The predicted molar refractivity (Wildman–Crippen MR) is 88.6 cm³/mol. The van der Waals surface area contributed by atoms with E-state index in [0.29, 0.717) is 40.6 Å². The topological polar surface area (TPSA) is 53.0 Å². The fourth-order valence-corrected chi connectivity index (χ4v) is 3.34. The van der Waals surface area contributed by atoms with Gasteiger partial charge in [0.1, 0.15) is 11.6 Å². The Morgan fingerprint density at radius 1 is 1.04 bits per heavy atom. The molecule has 1 aromatic heterocycles. The van der Waals surface area contributed by atoms with Crippen molar-refractivity contribution >= 4 is 28.5 Å². The van der Waals surface area contributed by atoms with Gasteiger partial charge in [-0.2, -0.15) is 0 Å². The van der Waals surface area contributed by atoms with E-state index in [-0.39, 0.29) is 11.1 Å². The first kappa shape index (κ1) is 15.4. The van der Waals surface area contributed by atoms with Gasteiger partial charge >= 0.3 is 0 Å². The van der Waals surface area contributed by atoms with Crippen molar-refractivity contribution in [3.63, 3.8) is 0 Å². The molecule has 0 radical (unpaired) electrons. The highest BCUT2D eigenvalue weighted by atomic mass is 19.1. The van der Waals surface area contributed by atoms with Crippen molar-refractivity contribution in [2.75, 3.05) is 0 Å². The number of nitrogens with zero attached hydrogens (tertiary/aromatic N) is 1. The van der Waals surface area contributed by atoms with Crippen molar-refractivity contribution < 1.29 is 18.7 Å².